The molecule has 2 N–H and O–H groups in total. The standard InChI is InChI=1S/C17H26N6OS/c1-3-22(4-2)9-10-25-17-19-16-15(20-21-17)12-7-5-6-8-13(12)23(16)11-14(18)24/h3-11H2,1-2H3,(H2,18,24). The molecule has 7 nitrogen and oxygen atoms in total. The summed E-state index contributed by atoms with van der Waals surface area (Å²) in [6, 6.07) is 0. The average molecular weight is 363 g/mol. The van der Waals surface area contributed by atoms with Crippen LogP contribution in [0.3, 0.4) is 0 Å². The molecule has 0 aromatic carbocycles. The van der Waals surface area contributed by atoms with Crippen molar-refractivity contribution in [1.29, 1.82) is 0 Å². The van der Waals surface area contributed by atoms with Crippen LogP contribution in [0.5, 0.6) is 0 Å². The van der Waals surface area contributed by atoms with Gasteiger partial charge in [0.25, 0.3) is 0 Å². The number of primary amides is 1. The van der Waals surface area contributed by atoms with E-state index in [-0.39, 0.29) is 12.5 Å². The number of aryl methyl sites for hydroxylation is 1. The summed E-state index contributed by atoms with van der Waals surface area (Å²) in [5, 5.41) is 9.42. The second-order valence-electron chi connectivity index (χ2n) is 6.33. The molecule has 0 saturated heterocycles. The van der Waals surface area contributed by atoms with E-state index < -0.39 is 0 Å². The van der Waals surface area contributed by atoms with Gasteiger partial charge in [0, 0.05) is 23.6 Å². The highest BCUT2D eigenvalue weighted by Crippen LogP contribution is 2.30. The monoisotopic (exact) mass is 362 g/mol. The molecule has 0 bridgehead atoms. The lowest BCUT2D eigenvalue weighted by molar-refractivity contribution is -0.118. The lowest BCUT2D eigenvalue weighted by Gasteiger charge is -2.16. The smallest absolute Gasteiger partial charge is 0.237 e. The van der Waals surface area contributed by atoms with E-state index in [2.05, 4.69) is 28.9 Å². The zero-order valence-corrected chi connectivity index (χ0v) is 15.8. The molecule has 0 aliphatic heterocycles. The Balaban J connectivity index is 1.86. The van der Waals surface area contributed by atoms with Crippen LogP contribution in [0, 0.1) is 0 Å². The quantitative estimate of drug-likeness (QED) is 0.718. The number of rotatable bonds is 8. The molecule has 0 saturated carbocycles. The number of amides is 1. The van der Waals surface area contributed by atoms with Gasteiger partial charge in [-0.3, -0.25) is 4.79 Å². The number of hydrogen-bond acceptors (Lipinski definition) is 6. The highest BCUT2D eigenvalue weighted by Gasteiger charge is 2.23. The molecule has 25 heavy (non-hydrogen) atoms. The van der Waals surface area contributed by atoms with Crippen LogP contribution in [0.15, 0.2) is 5.16 Å². The van der Waals surface area contributed by atoms with Crippen LogP contribution in [0.25, 0.3) is 11.2 Å². The van der Waals surface area contributed by atoms with Crippen LogP contribution in [0.2, 0.25) is 0 Å². The third kappa shape index (κ3) is 3.95. The molecular formula is C17H26N6OS. The first-order valence-corrected chi connectivity index (χ1v) is 10.0. The molecule has 1 aliphatic carbocycles. The zero-order chi connectivity index (χ0) is 17.8. The largest absolute Gasteiger partial charge is 0.368 e. The third-order valence-electron chi connectivity index (χ3n) is 4.80. The molecule has 0 spiro atoms. The van der Waals surface area contributed by atoms with Crippen molar-refractivity contribution in [2.75, 3.05) is 25.4 Å². The van der Waals surface area contributed by atoms with E-state index in [0.29, 0.717) is 5.16 Å². The number of nitrogens with two attached hydrogens (primary N) is 1. The normalized spacial score (nSPS) is 14.2. The highest BCUT2D eigenvalue weighted by molar-refractivity contribution is 7.99. The van der Waals surface area contributed by atoms with Gasteiger partial charge in [-0.25, -0.2) is 4.98 Å². The number of fused-ring (bicyclic) bond motifs is 3. The van der Waals surface area contributed by atoms with Gasteiger partial charge >= 0.3 is 0 Å². The summed E-state index contributed by atoms with van der Waals surface area (Å²) in [5.74, 6) is 0.574. The first-order chi connectivity index (χ1) is 12.1. The minimum Gasteiger partial charge on any atom is -0.368 e. The summed E-state index contributed by atoms with van der Waals surface area (Å²) in [5.41, 5.74) is 9.40. The van der Waals surface area contributed by atoms with Gasteiger partial charge in [-0.15, -0.1) is 10.2 Å². The Hall–Kier alpha value is -1.67. The number of nitrogens with zero attached hydrogens (tertiary/aromatic N) is 5. The molecule has 1 aliphatic rings. The third-order valence-corrected chi connectivity index (χ3v) is 5.62. The fourth-order valence-corrected chi connectivity index (χ4v) is 4.23. The number of aromatic nitrogens is 4. The molecule has 2 aromatic rings. The van der Waals surface area contributed by atoms with Crippen molar-refractivity contribution in [2.24, 2.45) is 5.73 Å². The summed E-state index contributed by atoms with van der Waals surface area (Å²) in [6.07, 6.45) is 4.19. The molecule has 136 valence electrons. The van der Waals surface area contributed by atoms with Crippen LogP contribution in [0.1, 0.15) is 37.9 Å². The second-order valence-corrected chi connectivity index (χ2v) is 7.39. The summed E-state index contributed by atoms with van der Waals surface area (Å²) < 4.78 is 1.95. The molecule has 8 heteroatoms. The molecule has 2 aromatic heterocycles. The van der Waals surface area contributed by atoms with Gasteiger partial charge in [0.2, 0.25) is 11.1 Å². The van der Waals surface area contributed by atoms with Crippen LogP contribution in [0.4, 0.5) is 0 Å². The maximum absolute atomic E-state index is 11.5. The molecule has 3 rings (SSSR count). The lowest BCUT2D eigenvalue weighted by atomic mass is 9.97. The number of carbonyl (C=O) groups excluding carboxylic acids is 1. The summed E-state index contributed by atoms with van der Waals surface area (Å²) in [6.45, 7) is 7.58. The van der Waals surface area contributed by atoms with Gasteiger partial charge in [-0.2, -0.15) is 0 Å². The van der Waals surface area contributed by atoms with E-state index in [1.165, 1.54) is 5.56 Å². The summed E-state index contributed by atoms with van der Waals surface area (Å²) >= 11 is 1.61. The molecule has 0 unspecified atom stereocenters. The van der Waals surface area contributed by atoms with Gasteiger partial charge in [0.15, 0.2) is 5.65 Å². The Morgan fingerprint density at radius 3 is 2.72 bits per heavy atom. The van der Waals surface area contributed by atoms with Crippen molar-refractivity contribution in [1.82, 2.24) is 24.6 Å². The topological polar surface area (TPSA) is 89.9 Å². The fourth-order valence-electron chi connectivity index (χ4n) is 3.45. The SMILES string of the molecule is CCN(CC)CCSc1nnc2c3c(n(CC(N)=O)c2n1)CCCC3. The van der Waals surface area contributed by atoms with E-state index >= 15 is 0 Å². The molecule has 0 radical (unpaired) electrons. The summed E-state index contributed by atoms with van der Waals surface area (Å²) in [4.78, 5) is 18.6. The highest BCUT2D eigenvalue weighted by atomic mass is 32.2. The van der Waals surface area contributed by atoms with Crippen molar-refractivity contribution >= 4 is 28.8 Å². The van der Waals surface area contributed by atoms with Crippen LogP contribution < -0.4 is 5.73 Å². The van der Waals surface area contributed by atoms with Crippen molar-refractivity contribution in [3.8, 4) is 0 Å². The Labute approximate surface area is 152 Å². The van der Waals surface area contributed by atoms with Gasteiger partial charge in [0.05, 0.1) is 0 Å². The van der Waals surface area contributed by atoms with E-state index in [4.69, 9.17) is 10.7 Å². The van der Waals surface area contributed by atoms with E-state index in [0.717, 1.165) is 67.9 Å². The Kier molecular flexibility index (Phi) is 5.90. The Bertz CT molecular complexity index is 755. The Morgan fingerprint density at radius 2 is 2.00 bits per heavy atom. The number of carbonyl (C=O) groups is 1. The maximum Gasteiger partial charge on any atom is 0.237 e. The molecular weight excluding hydrogens is 336 g/mol. The minimum atomic E-state index is -0.348. The van der Waals surface area contributed by atoms with Crippen molar-refractivity contribution in [2.45, 2.75) is 51.2 Å². The zero-order valence-electron chi connectivity index (χ0n) is 15.0. The first-order valence-electron chi connectivity index (χ1n) is 9.02. The summed E-state index contributed by atoms with van der Waals surface area (Å²) in [7, 11) is 0. The Morgan fingerprint density at radius 1 is 1.24 bits per heavy atom. The van der Waals surface area contributed by atoms with Crippen molar-refractivity contribution in [3.63, 3.8) is 0 Å². The van der Waals surface area contributed by atoms with Crippen molar-refractivity contribution in [3.05, 3.63) is 11.3 Å². The van der Waals surface area contributed by atoms with E-state index in [1.54, 1.807) is 11.8 Å². The molecule has 2 heterocycles. The van der Waals surface area contributed by atoms with Gasteiger partial charge in [-0.05, 0) is 38.8 Å². The predicted octanol–water partition coefficient (Wildman–Crippen LogP) is 1.62. The molecule has 1 amide bonds. The number of thioether (sulfide) groups is 1. The van der Waals surface area contributed by atoms with E-state index in [1.807, 2.05) is 4.57 Å². The molecule has 0 atom stereocenters. The fraction of sp³-hybridized carbons (Fsp3) is 0.647. The maximum atomic E-state index is 11.5. The first kappa shape index (κ1) is 18.1. The second kappa shape index (κ2) is 8.14. The van der Waals surface area contributed by atoms with E-state index in [9.17, 15) is 4.79 Å². The average Bonchev–Trinajstić information content (AvgIpc) is 2.92. The van der Waals surface area contributed by atoms with Gasteiger partial charge < -0.3 is 15.2 Å². The molecule has 0 fully saturated rings. The van der Waals surface area contributed by atoms with Gasteiger partial charge in [0.1, 0.15) is 12.1 Å². The minimum absolute atomic E-state index is 0.161. The van der Waals surface area contributed by atoms with Crippen LogP contribution in [-0.4, -0.2) is 55.9 Å². The van der Waals surface area contributed by atoms with Crippen molar-refractivity contribution < 1.29 is 4.79 Å². The predicted molar refractivity (Wildman–Crippen MR) is 99.7 cm³/mol. The van der Waals surface area contributed by atoms with Gasteiger partial charge in [-0.1, -0.05) is 25.6 Å². The number of hydrogen-bond donors (Lipinski definition) is 1. The lowest BCUT2D eigenvalue weighted by Crippen LogP contribution is -2.25. The van der Waals surface area contributed by atoms with Crippen LogP contribution in [-0.2, 0) is 24.2 Å². The van der Waals surface area contributed by atoms with Crippen LogP contribution >= 0.6 is 11.8 Å².